The minimum absolute atomic E-state index is 0.00448. The fraction of sp³-hybridized carbons (Fsp3) is 0.0714. The van der Waals surface area contributed by atoms with Crippen LogP contribution in [0, 0.1) is 0 Å². The molecule has 0 aliphatic carbocycles. The van der Waals surface area contributed by atoms with Gasteiger partial charge in [0.05, 0.1) is 21.2 Å². The Balaban J connectivity index is 2.50. The van der Waals surface area contributed by atoms with Crippen molar-refractivity contribution in [3.63, 3.8) is 0 Å². The van der Waals surface area contributed by atoms with Crippen LogP contribution in [0.4, 0.5) is 13.2 Å². The Labute approximate surface area is 122 Å². The number of carbonyl (C=O) groups excluding carboxylic acids is 1. The first kappa shape index (κ1) is 14.9. The van der Waals surface area contributed by atoms with E-state index >= 15 is 0 Å². The van der Waals surface area contributed by atoms with E-state index < -0.39 is 17.5 Å². The molecule has 0 saturated heterocycles. The topological polar surface area (TPSA) is 17.1 Å². The molecule has 0 unspecified atom stereocenters. The highest BCUT2D eigenvalue weighted by Gasteiger charge is 2.31. The largest absolute Gasteiger partial charge is 0.416 e. The molecule has 2 aromatic carbocycles. The molecule has 0 heterocycles. The molecule has 1 nitrogen and oxygen atoms in total. The van der Waals surface area contributed by atoms with Crippen molar-refractivity contribution in [2.45, 2.75) is 6.18 Å². The van der Waals surface area contributed by atoms with Gasteiger partial charge in [-0.1, -0.05) is 41.4 Å². The van der Waals surface area contributed by atoms with E-state index in [1.165, 1.54) is 24.3 Å². The van der Waals surface area contributed by atoms with Crippen molar-refractivity contribution < 1.29 is 18.0 Å². The van der Waals surface area contributed by atoms with Gasteiger partial charge in [0, 0.05) is 5.56 Å². The highest BCUT2D eigenvalue weighted by molar-refractivity contribution is 6.41. The predicted octanol–water partition coefficient (Wildman–Crippen LogP) is 5.24. The number of halogens is 5. The summed E-state index contributed by atoms with van der Waals surface area (Å²) in [6.45, 7) is 0. The summed E-state index contributed by atoms with van der Waals surface area (Å²) in [5.74, 6) is -0.647. The van der Waals surface area contributed by atoms with Crippen molar-refractivity contribution in [3.8, 4) is 0 Å². The van der Waals surface area contributed by atoms with Crippen molar-refractivity contribution in [3.05, 3.63) is 69.2 Å². The first-order chi connectivity index (χ1) is 9.30. The van der Waals surface area contributed by atoms with Gasteiger partial charge in [-0.25, -0.2) is 0 Å². The predicted molar refractivity (Wildman–Crippen MR) is 71.3 cm³/mol. The molecule has 0 aliphatic heterocycles. The lowest BCUT2D eigenvalue weighted by Gasteiger charge is -2.09. The zero-order valence-corrected chi connectivity index (χ0v) is 11.4. The Morgan fingerprint density at radius 3 is 2.05 bits per heavy atom. The average molecular weight is 319 g/mol. The highest BCUT2D eigenvalue weighted by Crippen LogP contribution is 2.31. The van der Waals surface area contributed by atoms with Gasteiger partial charge in [0.15, 0.2) is 5.78 Å². The van der Waals surface area contributed by atoms with Crippen LogP contribution in [-0.2, 0) is 6.18 Å². The highest BCUT2D eigenvalue weighted by atomic mass is 35.5. The van der Waals surface area contributed by atoms with Crippen LogP contribution in [0.15, 0.2) is 42.5 Å². The van der Waals surface area contributed by atoms with E-state index in [-0.39, 0.29) is 21.2 Å². The molecule has 104 valence electrons. The van der Waals surface area contributed by atoms with Gasteiger partial charge in [0.2, 0.25) is 0 Å². The Bertz CT molecular complexity index is 645. The van der Waals surface area contributed by atoms with E-state index in [1.807, 2.05) is 0 Å². The summed E-state index contributed by atoms with van der Waals surface area (Å²) in [6, 6.07) is 8.58. The summed E-state index contributed by atoms with van der Waals surface area (Å²) < 4.78 is 37.9. The number of ketones is 1. The maximum atomic E-state index is 12.6. The van der Waals surface area contributed by atoms with Gasteiger partial charge in [-0.15, -0.1) is 0 Å². The first-order valence-corrected chi connectivity index (χ1v) is 6.22. The standard InChI is InChI=1S/C14H7Cl2F3O/c15-10-5-2-6-11(16)12(10)13(20)8-3-1-4-9(7-8)14(17,18)19/h1-7H. The molecule has 0 bridgehead atoms. The van der Waals surface area contributed by atoms with Crippen LogP contribution in [0.5, 0.6) is 0 Å². The number of alkyl halides is 3. The number of hydrogen-bond acceptors (Lipinski definition) is 1. The Morgan fingerprint density at radius 2 is 1.50 bits per heavy atom. The van der Waals surface area contributed by atoms with Crippen molar-refractivity contribution >= 4 is 29.0 Å². The Morgan fingerprint density at radius 1 is 0.950 bits per heavy atom. The van der Waals surface area contributed by atoms with Gasteiger partial charge in [-0.3, -0.25) is 4.79 Å². The zero-order chi connectivity index (χ0) is 14.9. The molecule has 0 aliphatic rings. The minimum Gasteiger partial charge on any atom is -0.288 e. The monoisotopic (exact) mass is 318 g/mol. The molecule has 0 spiro atoms. The molecule has 0 fully saturated rings. The summed E-state index contributed by atoms with van der Waals surface area (Å²) in [5, 5.41) is 0.194. The van der Waals surface area contributed by atoms with E-state index in [0.717, 1.165) is 12.1 Å². The van der Waals surface area contributed by atoms with Gasteiger partial charge < -0.3 is 0 Å². The number of carbonyl (C=O) groups is 1. The summed E-state index contributed by atoms with van der Waals surface area (Å²) in [7, 11) is 0. The lowest BCUT2D eigenvalue weighted by atomic mass is 10.0. The van der Waals surface area contributed by atoms with Crippen molar-refractivity contribution in [1.29, 1.82) is 0 Å². The first-order valence-electron chi connectivity index (χ1n) is 5.46. The van der Waals surface area contributed by atoms with E-state index in [0.29, 0.717) is 0 Å². The second kappa shape index (κ2) is 5.46. The van der Waals surface area contributed by atoms with E-state index in [1.54, 1.807) is 6.07 Å². The summed E-state index contributed by atoms with van der Waals surface area (Å²) in [4.78, 5) is 12.2. The van der Waals surface area contributed by atoms with Crippen LogP contribution >= 0.6 is 23.2 Å². The van der Waals surface area contributed by atoms with Crippen LogP contribution in [0.2, 0.25) is 10.0 Å². The molecule has 6 heteroatoms. The van der Waals surface area contributed by atoms with Gasteiger partial charge in [0.25, 0.3) is 0 Å². The molecule has 2 rings (SSSR count). The number of rotatable bonds is 2. The molecule has 20 heavy (non-hydrogen) atoms. The normalized spacial score (nSPS) is 11.4. The van der Waals surface area contributed by atoms with Gasteiger partial charge in [-0.2, -0.15) is 13.2 Å². The van der Waals surface area contributed by atoms with Crippen molar-refractivity contribution in [2.24, 2.45) is 0 Å². The van der Waals surface area contributed by atoms with Crippen LogP contribution < -0.4 is 0 Å². The van der Waals surface area contributed by atoms with E-state index in [2.05, 4.69) is 0 Å². The van der Waals surface area contributed by atoms with Gasteiger partial charge in [0.1, 0.15) is 0 Å². The van der Waals surface area contributed by atoms with Gasteiger partial charge in [-0.05, 0) is 24.3 Å². The van der Waals surface area contributed by atoms with Crippen LogP contribution in [0.3, 0.4) is 0 Å². The minimum atomic E-state index is -4.51. The second-order valence-electron chi connectivity index (χ2n) is 4.00. The van der Waals surface area contributed by atoms with Crippen LogP contribution in [-0.4, -0.2) is 5.78 Å². The molecule has 0 atom stereocenters. The van der Waals surface area contributed by atoms with E-state index in [4.69, 9.17) is 23.2 Å². The molecule has 2 aromatic rings. The fourth-order valence-electron chi connectivity index (χ4n) is 1.70. The fourth-order valence-corrected chi connectivity index (χ4v) is 2.26. The molecule has 0 N–H and O–H groups in total. The Hall–Kier alpha value is -1.52. The van der Waals surface area contributed by atoms with Crippen LogP contribution in [0.25, 0.3) is 0 Å². The average Bonchev–Trinajstić information content (AvgIpc) is 2.37. The maximum absolute atomic E-state index is 12.6. The Kier molecular flexibility index (Phi) is 4.06. The van der Waals surface area contributed by atoms with Gasteiger partial charge >= 0.3 is 6.18 Å². The second-order valence-corrected chi connectivity index (χ2v) is 4.82. The third-order valence-electron chi connectivity index (χ3n) is 2.64. The summed E-state index contributed by atoms with van der Waals surface area (Å²) in [5.41, 5.74) is -1.02. The molecular weight excluding hydrogens is 312 g/mol. The van der Waals surface area contributed by atoms with Crippen molar-refractivity contribution in [2.75, 3.05) is 0 Å². The molecule has 0 saturated carbocycles. The lowest BCUT2D eigenvalue weighted by molar-refractivity contribution is -0.137. The maximum Gasteiger partial charge on any atom is 0.416 e. The lowest BCUT2D eigenvalue weighted by Crippen LogP contribution is -2.08. The quantitative estimate of drug-likeness (QED) is 0.692. The molecule has 0 aromatic heterocycles. The molecule has 0 radical (unpaired) electrons. The smallest absolute Gasteiger partial charge is 0.288 e. The SMILES string of the molecule is O=C(c1cccc(C(F)(F)F)c1)c1c(Cl)cccc1Cl. The third-order valence-corrected chi connectivity index (χ3v) is 3.27. The summed E-state index contributed by atoms with van der Waals surface area (Å²) >= 11 is 11.8. The van der Waals surface area contributed by atoms with Crippen molar-refractivity contribution in [1.82, 2.24) is 0 Å². The summed E-state index contributed by atoms with van der Waals surface area (Å²) in [6.07, 6.45) is -4.51. The zero-order valence-electron chi connectivity index (χ0n) is 9.84. The third kappa shape index (κ3) is 2.97. The van der Waals surface area contributed by atoms with Crippen LogP contribution in [0.1, 0.15) is 21.5 Å². The molecular formula is C14H7Cl2F3O. The number of benzene rings is 2. The number of hydrogen-bond donors (Lipinski definition) is 0. The van der Waals surface area contributed by atoms with E-state index in [9.17, 15) is 18.0 Å². The molecule has 0 amide bonds.